The smallest absolute Gasteiger partial charge is 0.254 e. The van der Waals surface area contributed by atoms with Crippen molar-refractivity contribution in [3.63, 3.8) is 0 Å². The van der Waals surface area contributed by atoms with E-state index in [0.717, 1.165) is 28.8 Å². The summed E-state index contributed by atoms with van der Waals surface area (Å²) < 4.78 is 6.80. The third-order valence-corrected chi connectivity index (χ3v) is 5.25. The lowest BCUT2D eigenvalue weighted by atomic mass is 10.1. The van der Waals surface area contributed by atoms with Crippen LogP contribution in [0, 0.1) is 20.8 Å². The average Bonchev–Trinajstić information content (AvgIpc) is 3.35. The van der Waals surface area contributed by atoms with E-state index < -0.39 is 0 Å². The van der Waals surface area contributed by atoms with Crippen molar-refractivity contribution < 1.29 is 9.32 Å². The van der Waals surface area contributed by atoms with Gasteiger partial charge in [-0.15, -0.1) is 0 Å². The minimum atomic E-state index is -0.152. The largest absolute Gasteiger partial charge is 0.352 e. The molecule has 2 aromatic carbocycles. The molecule has 158 valence electrons. The molecular formula is C23H22ClN5O2. The Labute approximate surface area is 185 Å². The molecule has 1 N–H and O–H groups in total. The highest BCUT2D eigenvalue weighted by Gasteiger charge is 2.16. The van der Waals surface area contributed by atoms with Crippen LogP contribution >= 0.6 is 11.6 Å². The molecule has 0 saturated heterocycles. The van der Waals surface area contributed by atoms with Gasteiger partial charge in [-0.3, -0.25) is 4.79 Å². The van der Waals surface area contributed by atoms with E-state index >= 15 is 0 Å². The summed E-state index contributed by atoms with van der Waals surface area (Å²) in [5.41, 5.74) is 4.99. The second-order valence-corrected chi connectivity index (χ2v) is 7.78. The van der Waals surface area contributed by atoms with E-state index in [9.17, 15) is 4.79 Å². The number of aromatic nitrogens is 4. The fourth-order valence-electron chi connectivity index (χ4n) is 3.28. The maximum absolute atomic E-state index is 12.7. The van der Waals surface area contributed by atoms with Crippen LogP contribution in [0.25, 0.3) is 17.1 Å². The van der Waals surface area contributed by atoms with E-state index in [2.05, 4.69) is 20.6 Å². The van der Waals surface area contributed by atoms with Crippen molar-refractivity contribution in [1.82, 2.24) is 25.2 Å². The zero-order valence-electron chi connectivity index (χ0n) is 17.5. The Morgan fingerprint density at radius 1 is 1.13 bits per heavy atom. The number of hydrogen-bond donors (Lipinski definition) is 1. The highest BCUT2D eigenvalue weighted by atomic mass is 35.5. The molecule has 0 atom stereocenters. The van der Waals surface area contributed by atoms with Crippen LogP contribution in [0.2, 0.25) is 5.02 Å². The summed E-state index contributed by atoms with van der Waals surface area (Å²) in [5, 5.41) is 12.2. The number of nitrogens with zero attached hydrogens (tertiary/aromatic N) is 4. The van der Waals surface area contributed by atoms with Crippen LogP contribution in [-0.4, -0.2) is 32.4 Å². The molecule has 0 unspecified atom stereocenters. The summed E-state index contributed by atoms with van der Waals surface area (Å²) in [4.78, 5) is 17.0. The van der Waals surface area contributed by atoms with Crippen LogP contribution in [0.15, 0.2) is 53.2 Å². The Morgan fingerprint density at radius 2 is 1.90 bits per heavy atom. The molecule has 0 bridgehead atoms. The fourth-order valence-corrected chi connectivity index (χ4v) is 3.41. The molecule has 0 fully saturated rings. The second-order valence-electron chi connectivity index (χ2n) is 7.34. The van der Waals surface area contributed by atoms with Gasteiger partial charge < -0.3 is 9.84 Å². The summed E-state index contributed by atoms with van der Waals surface area (Å²) in [6, 6.07) is 13.5. The zero-order chi connectivity index (χ0) is 22.0. The van der Waals surface area contributed by atoms with Crippen LogP contribution in [0.1, 0.15) is 33.1 Å². The third-order valence-electron chi connectivity index (χ3n) is 5.00. The molecule has 31 heavy (non-hydrogen) atoms. The van der Waals surface area contributed by atoms with Gasteiger partial charge in [-0.25, -0.2) is 4.68 Å². The first-order valence-electron chi connectivity index (χ1n) is 9.91. The van der Waals surface area contributed by atoms with Crippen molar-refractivity contribution in [2.45, 2.75) is 27.2 Å². The van der Waals surface area contributed by atoms with Gasteiger partial charge >= 0.3 is 0 Å². The molecule has 4 aromatic rings. The number of nitrogens with one attached hydrogen (secondary N) is 1. The summed E-state index contributed by atoms with van der Waals surface area (Å²) in [7, 11) is 0. The summed E-state index contributed by atoms with van der Waals surface area (Å²) in [5.74, 6) is 0.868. The molecule has 4 rings (SSSR count). The Kier molecular flexibility index (Phi) is 5.86. The zero-order valence-corrected chi connectivity index (χ0v) is 18.3. The summed E-state index contributed by atoms with van der Waals surface area (Å²) in [6.45, 7) is 6.09. The quantitative estimate of drug-likeness (QED) is 0.482. The SMILES string of the molecule is Cc1nc(-c2ccc(C)c(-n3cc(C(=O)NCCc4ccc(Cl)cc4)c(C)n3)c2)no1. The molecule has 0 aliphatic carbocycles. The molecule has 2 heterocycles. The number of carbonyl (C=O) groups excluding carboxylic acids is 1. The van der Waals surface area contributed by atoms with E-state index in [1.807, 2.05) is 56.3 Å². The van der Waals surface area contributed by atoms with Gasteiger partial charge in [0.15, 0.2) is 0 Å². The van der Waals surface area contributed by atoms with Gasteiger partial charge in [0.1, 0.15) is 0 Å². The van der Waals surface area contributed by atoms with Gasteiger partial charge in [-0.2, -0.15) is 10.1 Å². The van der Waals surface area contributed by atoms with E-state index in [4.69, 9.17) is 16.1 Å². The number of rotatable bonds is 6. The second kappa shape index (κ2) is 8.73. The van der Waals surface area contributed by atoms with Crippen LogP contribution < -0.4 is 5.32 Å². The number of hydrogen-bond acceptors (Lipinski definition) is 5. The van der Waals surface area contributed by atoms with E-state index in [0.29, 0.717) is 34.5 Å². The minimum absolute atomic E-state index is 0.152. The van der Waals surface area contributed by atoms with Crippen molar-refractivity contribution in [3.05, 3.63) is 82.0 Å². The Bertz CT molecular complexity index is 1230. The van der Waals surface area contributed by atoms with E-state index in [1.54, 1.807) is 17.8 Å². The molecule has 0 aliphatic rings. The lowest BCUT2D eigenvalue weighted by molar-refractivity contribution is 0.0953. The number of halogens is 1. The van der Waals surface area contributed by atoms with Crippen molar-refractivity contribution in [1.29, 1.82) is 0 Å². The van der Waals surface area contributed by atoms with Gasteiger partial charge in [-0.05, 0) is 49.6 Å². The number of aryl methyl sites for hydroxylation is 3. The molecule has 2 aromatic heterocycles. The van der Waals surface area contributed by atoms with Crippen LogP contribution in [0.3, 0.4) is 0 Å². The van der Waals surface area contributed by atoms with Crippen LogP contribution in [0.4, 0.5) is 0 Å². The summed E-state index contributed by atoms with van der Waals surface area (Å²) in [6.07, 6.45) is 2.47. The first-order valence-corrected chi connectivity index (χ1v) is 10.3. The first-order chi connectivity index (χ1) is 14.9. The van der Waals surface area contributed by atoms with E-state index in [1.165, 1.54) is 0 Å². The van der Waals surface area contributed by atoms with Crippen LogP contribution in [0.5, 0.6) is 0 Å². The molecule has 7 nitrogen and oxygen atoms in total. The van der Waals surface area contributed by atoms with Gasteiger partial charge in [0.05, 0.1) is 16.9 Å². The van der Waals surface area contributed by atoms with Crippen molar-refractivity contribution in [3.8, 4) is 17.1 Å². The molecule has 0 aliphatic heterocycles. The fraction of sp³-hybridized carbons (Fsp3) is 0.217. The first kappa shape index (κ1) is 20.8. The van der Waals surface area contributed by atoms with Gasteiger partial charge in [0, 0.05) is 30.3 Å². The Morgan fingerprint density at radius 3 is 2.61 bits per heavy atom. The predicted molar refractivity (Wildman–Crippen MR) is 119 cm³/mol. The summed E-state index contributed by atoms with van der Waals surface area (Å²) >= 11 is 5.91. The maximum atomic E-state index is 12.7. The van der Waals surface area contributed by atoms with Gasteiger partial charge in [0.2, 0.25) is 11.7 Å². The topological polar surface area (TPSA) is 85.8 Å². The maximum Gasteiger partial charge on any atom is 0.254 e. The highest BCUT2D eigenvalue weighted by Crippen LogP contribution is 2.23. The predicted octanol–water partition coefficient (Wildman–Crippen LogP) is 4.47. The monoisotopic (exact) mass is 435 g/mol. The van der Waals surface area contributed by atoms with E-state index in [-0.39, 0.29) is 5.91 Å². The van der Waals surface area contributed by atoms with Crippen molar-refractivity contribution in [2.24, 2.45) is 0 Å². The Balaban J connectivity index is 1.50. The molecule has 0 spiro atoms. The standard InChI is InChI=1S/C23H22ClN5O2/c1-14-4-7-18(22-26-16(3)31-28-22)12-21(14)29-13-20(15(2)27-29)23(30)25-11-10-17-5-8-19(24)9-6-17/h4-9,12-13H,10-11H2,1-3H3,(H,25,30). The average molecular weight is 436 g/mol. The van der Waals surface area contributed by atoms with Crippen molar-refractivity contribution >= 4 is 17.5 Å². The van der Waals surface area contributed by atoms with Gasteiger partial charge in [-0.1, -0.05) is 41.0 Å². The molecule has 0 radical (unpaired) electrons. The number of benzene rings is 2. The van der Waals surface area contributed by atoms with Gasteiger partial charge in [0.25, 0.3) is 5.91 Å². The third kappa shape index (κ3) is 4.67. The minimum Gasteiger partial charge on any atom is -0.352 e. The number of carbonyl (C=O) groups is 1. The normalized spacial score (nSPS) is 11.0. The molecule has 8 heteroatoms. The lowest BCUT2D eigenvalue weighted by Gasteiger charge is -2.07. The Hall–Kier alpha value is -3.45. The molecule has 0 saturated carbocycles. The molecule has 1 amide bonds. The van der Waals surface area contributed by atoms with Crippen LogP contribution in [-0.2, 0) is 6.42 Å². The highest BCUT2D eigenvalue weighted by molar-refractivity contribution is 6.30. The number of amides is 1. The molecular weight excluding hydrogens is 414 g/mol. The lowest BCUT2D eigenvalue weighted by Crippen LogP contribution is -2.25. The van der Waals surface area contributed by atoms with Crippen molar-refractivity contribution in [2.75, 3.05) is 6.54 Å².